The highest BCUT2D eigenvalue weighted by molar-refractivity contribution is 6.09. The van der Waals surface area contributed by atoms with Gasteiger partial charge in [0.1, 0.15) is 16.7 Å². The van der Waals surface area contributed by atoms with Gasteiger partial charge in [0.2, 0.25) is 5.89 Å². The second-order valence-corrected chi connectivity index (χ2v) is 14.8. The maximum absolute atomic E-state index is 6.43. The lowest BCUT2D eigenvalue weighted by Crippen LogP contribution is -2.10. The summed E-state index contributed by atoms with van der Waals surface area (Å²) in [7, 11) is 0. The normalized spacial score (nSPS) is 11.4. The van der Waals surface area contributed by atoms with Crippen molar-refractivity contribution in [2.24, 2.45) is 0 Å². The Kier molecular flexibility index (Phi) is 8.45. The molecule has 11 rings (SSSR count). The molecule has 0 bridgehead atoms. The lowest BCUT2D eigenvalue weighted by molar-refractivity contribution is 0.617. The molecule has 0 N–H and O–H groups in total. The van der Waals surface area contributed by atoms with Gasteiger partial charge in [-0.3, -0.25) is 0 Å². The van der Waals surface area contributed by atoms with Crippen LogP contribution in [-0.4, -0.2) is 4.98 Å². The molecule has 4 heteroatoms. The molecule has 0 amide bonds. The SMILES string of the molecule is c1ccc(-c2ccc(-c3ccc(N(c4ccc(-c5ccc6c(c5)oc5cc7oc(-c8ccccc8)nc7cc56)cc4)c4cccc(-c5ccccc5)c4)cc3)cc2)cc1. The molecule has 11 aromatic rings. The topological polar surface area (TPSA) is 42.4 Å². The highest BCUT2D eigenvalue weighted by atomic mass is 16.4. The lowest BCUT2D eigenvalue weighted by atomic mass is 9.99. The number of oxazole rings is 1. The van der Waals surface area contributed by atoms with E-state index in [9.17, 15) is 0 Å². The smallest absolute Gasteiger partial charge is 0.227 e. The number of fused-ring (bicyclic) bond motifs is 4. The highest BCUT2D eigenvalue weighted by Crippen LogP contribution is 2.40. The van der Waals surface area contributed by atoms with E-state index >= 15 is 0 Å². The number of anilines is 3. The Hall–Kier alpha value is -7.95. The van der Waals surface area contributed by atoms with Crippen molar-refractivity contribution in [3.05, 3.63) is 218 Å². The van der Waals surface area contributed by atoms with Gasteiger partial charge in [0.05, 0.1) is 0 Å². The molecule has 0 saturated heterocycles. The quantitative estimate of drug-likeness (QED) is 0.155. The second-order valence-electron chi connectivity index (χ2n) is 14.8. The minimum absolute atomic E-state index is 0.604. The van der Waals surface area contributed by atoms with E-state index in [4.69, 9.17) is 13.8 Å². The summed E-state index contributed by atoms with van der Waals surface area (Å²) in [6.07, 6.45) is 0. The Bertz CT molecular complexity index is 3220. The van der Waals surface area contributed by atoms with Gasteiger partial charge in [-0.25, -0.2) is 4.98 Å². The van der Waals surface area contributed by atoms with Crippen molar-refractivity contribution >= 4 is 50.1 Å². The number of aromatic nitrogens is 1. The van der Waals surface area contributed by atoms with Crippen molar-refractivity contribution in [2.75, 3.05) is 4.90 Å². The van der Waals surface area contributed by atoms with E-state index in [0.717, 1.165) is 61.2 Å². The van der Waals surface area contributed by atoms with Crippen LogP contribution in [0.4, 0.5) is 17.1 Å². The molecule has 0 aliphatic rings. The van der Waals surface area contributed by atoms with Crippen molar-refractivity contribution in [3.63, 3.8) is 0 Å². The van der Waals surface area contributed by atoms with Crippen molar-refractivity contribution < 1.29 is 8.83 Å². The molecule has 0 unspecified atom stereocenters. The molecule has 0 aliphatic heterocycles. The van der Waals surface area contributed by atoms with Gasteiger partial charge >= 0.3 is 0 Å². The predicted molar refractivity (Wildman–Crippen MR) is 243 cm³/mol. The number of furan rings is 1. The second kappa shape index (κ2) is 14.5. The highest BCUT2D eigenvalue weighted by Gasteiger charge is 2.17. The molecule has 2 heterocycles. The van der Waals surface area contributed by atoms with Crippen molar-refractivity contribution in [1.82, 2.24) is 4.98 Å². The number of hydrogen-bond donors (Lipinski definition) is 0. The molecule has 59 heavy (non-hydrogen) atoms. The minimum Gasteiger partial charge on any atom is -0.456 e. The average Bonchev–Trinajstić information content (AvgIpc) is 3.90. The van der Waals surface area contributed by atoms with E-state index in [2.05, 4.69) is 187 Å². The Morgan fingerprint density at radius 3 is 1.36 bits per heavy atom. The molecule has 0 spiro atoms. The standard InChI is InChI=1S/C55H36N2O2/c1-4-11-37(12-5-1)39-19-21-40(22-20-39)41-23-28-46(29-24-41)57(48-18-10-17-44(33-48)38-13-6-2-7-14-38)47-30-25-42(26-31-47)45-27-32-49-50-35-51-54(36-53(50)58-52(49)34-45)59-55(56-51)43-15-8-3-9-16-43/h1-36H. The van der Waals surface area contributed by atoms with Gasteiger partial charge in [-0.1, -0.05) is 146 Å². The van der Waals surface area contributed by atoms with Crippen LogP contribution in [0.1, 0.15) is 0 Å². The monoisotopic (exact) mass is 756 g/mol. The molecular weight excluding hydrogens is 721 g/mol. The zero-order valence-electron chi connectivity index (χ0n) is 32.0. The first kappa shape index (κ1) is 34.3. The van der Waals surface area contributed by atoms with Crippen molar-refractivity contribution in [1.29, 1.82) is 0 Å². The summed E-state index contributed by atoms with van der Waals surface area (Å²) in [6, 6.07) is 76.7. The van der Waals surface area contributed by atoms with Crippen LogP contribution in [-0.2, 0) is 0 Å². The molecule has 0 atom stereocenters. The van der Waals surface area contributed by atoms with Crippen LogP contribution >= 0.6 is 0 Å². The molecule has 4 nitrogen and oxygen atoms in total. The molecular formula is C55H36N2O2. The molecule has 0 radical (unpaired) electrons. The Balaban J connectivity index is 0.922. The summed E-state index contributed by atoms with van der Waals surface area (Å²) in [5.41, 5.74) is 16.6. The van der Waals surface area contributed by atoms with Crippen molar-refractivity contribution in [3.8, 4) is 56.0 Å². The summed E-state index contributed by atoms with van der Waals surface area (Å²) in [4.78, 5) is 7.12. The fourth-order valence-electron chi connectivity index (χ4n) is 8.08. The summed E-state index contributed by atoms with van der Waals surface area (Å²) < 4.78 is 12.6. The minimum atomic E-state index is 0.604. The third kappa shape index (κ3) is 6.53. The third-order valence-corrected chi connectivity index (χ3v) is 11.1. The fourth-order valence-corrected chi connectivity index (χ4v) is 8.08. The maximum atomic E-state index is 6.43. The summed E-state index contributed by atoms with van der Waals surface area (Å²) in [5.74, 6) is 0.604. The molecule has 0 saturated carbocycles. The number of hydrogen-bond acceptors (Lipinski definition) is 4. The van der Waals surface area contributed by atoms with E-state index in [1.807, 2.05) is 36.4 Å². The van der Waals surface area contributed by atoms with Gasteiger partial charge in [-0.2, -0.15) is 0 Å². The number of rotatable bonds is 8. The van der Waals surface area contributed by atoms with Gasteiger partial charge in [0, 0.05) is 39.5 Å². The number of benzene rings is 9. The first-order chi connectivity index (χ1) is 29.2. The first-order valence-electron chi connectivity index (χ1n) is 19.8. The van der Waals surface area contributed by atoms with Crippen molar-refractivity contribution in [2.45, 2.75) is 0 Å². The third-order valence-electron chi connectivity index (χ3n) is 11.1. The van der Waals surface area contributed by atoms with Gasteiger partial charge in [-0.05, 0) is 111 Å². The molecule has 0 aliphatic carbocycles. The average molecular weight is 757 g/mol. The molecule has 2 aromatic heterocycles. The largest absolute Gasteiger partial charge is 0.456 e. The Morgan fingerprint density at radius 1 is 0.288 bits per heavy atom. The van der Waals surface area contributed by atoms with Gasteiger partial charge in [-0.15, -0.1) is 0 Å². The predicted octanol–water partition coefficient (Wildman–Crippen LogP) is 15.5. The summed E-state index contributed by atoms with van der Waals surface area (Å²) >= 11 is 0. The summed E-state index contributed by atoms with van der Waals surface area (Å²) in [6.45, 7) is 0. The van der Waals surface area contributed by atoms with Gasteiger partial charge in [0.25, 0.3) is 0 Å². The van der Waals surface area contributed by atoms with Crippen LogP contribution in [0.15, 0.2) is 227 Å². The zero-order valence-corrected chi connectivity index (χ0v) is 32.0. The van der Waals surface area contributed by atoms with Crippen LogP contribution in [0.5, 0.6) is 0 Å². The summed E-state index contributed by atoms with van der Waals surface area (Å²) in [5, 5.41) is 2.07. The maximum Gasteiger partial charge on any atom is 0.227 e. The molecule has 0 fully saturated rings. The fraction of sp³-hybridized carbons (Fsp3) is 0. The van der Waals surface area contributed by atoms with E-state index < -0.39 is 0 Å². The van der Waals surface area contributed by atoms with Crippen LogP contribution in [0, 0.1) is 0 Å². The molecule has 278 valence electrons. The van der Waals surface area contributed by atoms with Crippen LogP contribution in [0.3, 0.4) is 0 Å². The van der Waals surface area contributed by atoms with E-state index in [-0.39, 0.29) is 0 Å². The van der Waals surface area contributed by atoms with Gasteiger partial charge in [0.15, 0.2) is 5.58 Å². The van der Waals surface area contributed by atoms with Crippen LogP contribution in [0.25, 0.3) is 89.0 Å². The zero-order chi connectivity index (χ0) is 39.1. The Morgan fingerprint density at radius 2 is 0.746 bits per heavy atom. The van der Waals surface area contributed by atoms with E-state index in [1.54, 1.807) is 0 Å². The van der Waals surface area contributed by atoms with E-state index in [0.29, 0.717) is 11.5 Å². The van der Waals surface area contributed by atoms with E-state index in [1.165, 1.54) is 33.4 Å². The Labute approximate surface area is 341 Å². The lowest BCUT2D eigenvalue weighted by Gasteiger charge is -2.26. The van der Waals surface area contributed by atoms with Gasteiger partial charge < -0.3 is 13.7 Å². The van der Waals surface area contributed by atoms with Crippen LogP contribution in [0.2, 0.25) is 0 Å². The molecule has 9 aromatic carbocycles. The first-order valence-corrected chi connectivity index (χ1v) is 19.8. The number of nitrogens with zero attached hydrogens (tertiary/aromatic N) is 2. The van der Waals surface area contributed by atoms with Crippen LogP contribution < -0.4 is 4.90 Å².